The quantitative estimate of drug-likeness (QED) is 0.117. The Bertz CT molecular complexity index is 1850. The van der Waals surface area contributed by atoms with Gasteiger partial charge in [0.1, 0.15) is 28.6 Å². The zero-order valence-electron chi connectivity index (χ0n) is 28.1. The number of benzene rings is 3. The number of carbonyl (C=O) groups excluding carboxylic acids is 4. The van der Waals surface area contributed by atoms with Gasteiger partial charge in [0.2, 0.25) is 5.91 Å². The minimum atomic E-state index is -0.878. The fourth-order valence-electron chi connectivity index (χ4n) is 5.92. The Morgan fingerprint density at radius 1 is 1.04 bits per heavy atom. The van der Waals surface area contributed by atoms with Crippen LogP contribution in [0.1, 0.15) is 94.6 Å². The van der Waals surface area contributed by atoms with Crippen LogP contribution in [0.5, 0.6) is 17.2 Å². The number of ether oxygens (including phenoxy) is 2. The molecule has 0 bridgehead atoms. The van der Waals surface area contributed by atoms with Crippen molar-refractivity contribution < 1.29 is 38.9 Å². The number of thiazole rings is 1. The standard InChI is InChI=1S/C38H41N3O8S/c1-23-9-8-12-26(42)11-5-3-4-10-25-21-30(43)34(35(45)33(25)38(47)49-23)28(24-15-17-27(48-2)18-16-24)22-32(44)39-19-20-40-36(46)37-41-29-13-6-7-14-31(29)50-37/h4,6-7,10,13-18,21,23,28,43,45H,3,5,8-9,11-12,19-20,22H2,1-2H3,(H,39,44)(H,40,46). The summed E-state index contributed by atoms with van der Waals surface area (Å²) in [5, 5.41) is 29.0. The smallest absolute Gasteiger partial charge is 0.342 e. The number of esters is 1. The summed E-state index contributed by atoms with van der Waals surface area (Å²) in [5.74, 6) is -2.47. The Morgan fingerprint density at radius 3 is 2.54 bits per heavy atom. The van der Waals surface area contributed by atoms with Gasteiger partial charge in [-0.05, 0) is 74.1 Å². The number of rotatable bonds is 9. The fraction of sp³-hybridized carbons (Fsp3) is 0.342. The summed E-state index contributed by atoms with van der Waals surface area (Å²) >= 11 is 1.28. The Hall–Kier alpha value is -5.23. The van der Waals surface area contributed by atoms with E-state index >= 15 is 0 Å². The van der Waals surface area contributed by atoms with Crippen molar-refractivity contribution in [2.24, 2.45) is 0 Å². The molecule has 1 aromatic heterocycles. The predicted molar refractivity (Wildman–Crippen MR) is 191 cm³/mol. The fourth-order valence-corrected chi connectivity index (χ4v) is 6.80. The number of para-hydroxylation sites is 1. The van der Waals surface area contributed by atoms with Crippen molar-refractivity contribution in [3.8, 4) is 17.2 Å². The van der Waals surface area contributed by atoms with E-state index < -0.39 is 29.6 Å². The number of fused-ring (bicyclic) bond motifs is 2. The second kappa shape index (κ2) is 16.9. The molecule has 0 radical (unpaired) electrons. The van der Waals surface area contributed by atoms with Gasteiger partial charge in [0, 0.05) is 43.8 Å². The molecule has 0 saturated carbocycles. The summed E-state index contributed by atoms with van der Waals surface area (Å²) < 4.78 is 11.9. The van der Waals surface area contributed by atoms with E-state index in [1.165, 1.54) is 24.5 Å². The van der Waals surface area contributed by atoms with E-state index in [0.717, 1.165) is 10.2 Å². The van der Waals surface area contributed by atoms with Crippen LogP contribution in [0, 0.1) is 0 Å². The molecule has 3 aromatic carbocycles. The lowest BCUT2D eigenvalue weighted by molar-refractivity contribution is -0.121. The first-order valence-electron chi connectivity index (χ1n) is 16.7. The van der Waals surface area contributed by atoms with Gasteiger partial charge in [0.25, 0.3) is 5.91 Å². The number of methoxy groups -OCH3 is 1. The molecule has 12 heteroatoms. The van der Waals surface area contributed by atoms with E-state index in [0.29, 0.717) is 54.8 Å². The Labute approximate surface area is 294 Å². The van der Waals surface area contributed by atoms with Gasteiger partial charge in [-0.3, -0.25) is 14.4 Å². The highest BCUT2D eigenvalue weighted by atomic mass is 32.1. The number of hydrogen-bond donors (Lipinski definition) is 4. The van der Waals surface area contributed by atoms with Crippen LogP contribution in [-0.4, -0.2) is 65.1 Å². The minimum Gasteiger partial charge on any atom is -0.507 e. The number of allylic oxidation sites excluding steroid dienone is 1. The molecule has 2 atom stereocenters. The molecule has 50 heavy (non-hydrogen) atoms. The molecule has 262 valence electrons. The van der Waals surface area contributed by atoms with Crippen LogP contribution in [0.4, 0.5) is 0 Å². The van der Waals surface area contributed by atoms with Gasteiger partial charge < -0.3 is 30.3 Å². The number of hydrogen-bond acceptors (Lipinski definition) is 10. The minimum absolute atomic E-state index is 0.00192. The van der Waals surface area contributed by atoms with Crippen molar-refractivity contribution in [2.75, 3.05) is 20.2 Å². The number of aromatic hydroxyl groups is 2. The number of nitrogens with one attached hydrogen (secondary N) is 2. The first kappa shape index (κ1) is 36.1. The maximum atomic E-state index is 13.6. The van der Waals surface area contributed by atoms with E-state index in [1.54, 1.807) is 43.3 Å². The number of phenolic OH excluding ortho intramolecular Hbond substituents is 2. The molecule has 1 aliphatic heterocycles. The van der Waals surface area contributed by atoms with Gasteiger partial charge in [0.15, 0.2) is 5.01 Å². The molecule has 0 fully saturated rings. The van der Waals surface area contributed by atoms with E-state index in [-0.39, 0.29) is 53.6 Å². The molecule has 5 rings (SSSR count). The molecular weight excluding hydrogens is 658 g/mol. The Balaban J connectivity index is 1.38. The number of cyclic esters (lactones) is 1. The van der Waals surface area contributed by atoms with Gasteiger partial charge in [-0.1, -0.05) is 36.4 Å². The van der Waals surface area contributed by atoms with E-state index in [9.17, 15) is 29.4 Å². The second-order valence-corrected chi connectivity index (χ2v) is 13.2. The van der Waals surface area contributed by atoms with Crippen LogP contribution in [-0.2, 0) is 14.3 Å². The average molecular weight is 700 g/mol. The molecule has 0 saturated heterocycles. The zero-order valence-corrected chi connectivity index (χ0v) is 28.9. The normalized spacial score (nSPS) is 16.2. The second-order valence-electron chi connectivity index (χ2n) is 12.2. The van der Waals surface area contributed by atoms with Crippen LogP contribution < -0.4 is 15.4 Å². The molecule has 4 aromatic rings. The highest BCUT2D eigenvalue weighted by Gasteiger charge is 2.31. The van der Waals surface area contributed by atoms with Gasteiger partial charge >= 0.3 is 5.97 Å². The zero-order chi connectivity index (χ0) is 35.6. The van der Waals surface area contributed by atoms with Gasteiger partial charge in [-0.25, -0.2) is 9.78 Å². The molecule has 0 spiro atoms. The molecule has 0 aliphatic carbocycles. The molecule has 11 nitrogen and oxygen atoms in total. The molecular formula is C38H41N3O8S. The third-order valence-electron chi connectivity index (χ3n) is 8.53. The summed E-state index contributed by atoms with van der Waals surface area (Å²) in [4.78, 5) is 56.1. The summed E-state index contributed by atoms with van der Waals surface area (Å²) in [7, 11) is 1.53. The molecule has 4 N–H and O–H groups in total. The highest BCUT2D eigenvalue weighted by molar-refractivity contribution is 7.20. The summed E-state index contributed by atoms with van der Waals surface area (Å²) in [6.07, 6.45) is 5.80. The van der Waals surface area contributed by atoms with Crippen molar-refractivity contribution in [3.05, 3.63) is 87.9 Å². The van der Waals surface area contributed by atoms with Crippen LogP contribution in [0.25, 0.3) is 16.3 Å². The molecule has 1 aliphatic rings. The first-order chi connectivity index (χ1) is 24.1. The lowest BCUT2D eigenvalue weighted by Gasteiger charge is -2.23. The topological polar surface area (TPSA) is 164 Å². The monoisotopic (exact) mass is 699 g/mol. The third kappa shape index (κ3) is 9.06. The number of phenols is 2. The number of aromatic nitrogens is 1. The van der Waals surface area contributed by atoms with Crippen molar-refractivity contribution in [1.29, 1.82) is 0 Å². The van der Waals surface area contributed by atoms with Crippen molar-refractivity contribution in [2.45, 2.75) is 63.9 Å². The number of amides is 2. The van der Waals surface area contributed by atoms with Crippen LogP contribution >= 0.6 is 11.3 Å². The van der Waals surface area contributed by atoms with Gasteiger partial charge in [0.05, 0.1) is 23.4 Å². The highest BCUT2D eigenvalue weighted by Crippen LogP contribution is 2.44. The van der Waals surface area contributed by atoms with Crippen LogP contribution in [0.2, 0.25) is 0 Å². The number of nitrogens with zero attached hydrogens (tertiary/aromatic N) is 1. The molecule has 2 unspecified atom stereocenters. The van der Waals surface area contributed by atoms with Crippen molar-refractivity contribution in [3.63, 3.8) is 0 Å². The van der Waals surface area contributed by atoms with Crippen LogP contribution in [0.15, 0.2) is 60.7 Å². The Kier molecular flexibility index (Phi) is 12.2. The lowest BCUT2D eigenvalue weighted by Crippen LogP contribution is -2.35. The summed E-state index contributed by atoms with van der Waals surface area (Å²) in [6.45, 7) is 2.00. The Morgan fingerprint density at radius 2 is 1.78 bits per heavy atom. The van der Waals surface area contributed by atoms with Crippen molar-refractivity contribution >= 4 is 51.2 Å². The SMILES string of the molecule is COc1ccc(C(CC(=O)NCCNC(=O)c2nc3ccccc3s2)c2c(O)cc3c(c2O)C(=O)OC(C)CCCC(=O)CCCC=C3)cc1. The molecule has 2 amide bonds. The predicted octanol–water partition coefficient (Wildman–Crippen LogP) is 6.27. The maximum absolute atomic E-state index is 13.6. The summed E-state index contributed by atoms with van der Waals surface area (Å²) in [6, 6.07) is 15.7. The number of ketones is 1. The van der Waals surface area contributed by atoms with Crippen molar-refractivity contribution in [1.82, 2.24) is 15.6 Å². The lowest BCUT2D eigenvalue weighted by atomic mass is 9.84. The number of Topliss-reactive ketones (excluding diaryl/α,β-unsaturated/α-hetero) is 1. The largest absolute Gasteiger partial charge is 0.507 e. The average Bonchev–Trinajstić information content (AvgIpc) is 3.54. The van der Waals surface area contributed by atoms with Gasteiger partial charge in [-0.15, -0.1) is 11.3 Å². The third-order valence-corrected chi connectivity index (χ3v) is 9.56. The van der Waals surface area contributed by atoms with Gasteiger partial charge in [-0.2, -0.15) is 0 Å². The first-order valence-corrected chi connectivity index (χ1v) is 17.5. The van der Waals surface area contributed by atoms with E-state index in [1.807, 2.05) is 24.3 Å². The van der Waals surface area contributed by atoms with E-state index in [4.69, 9.17) is 9.47 Å². The maximum Gasteiger partial charge on any atom is 0.342 e. The summed E-state index contributed by atoms with van der Waals surface area (Å²) in [5.41, 5.74) is 1.45. The van der Waals surface area contributed by atoms with E-state index in [2.05, 4.69) is 15.6 Å². The molecule has 2 heterocycles. The van der Waals surface area contributed by atoms with Crippen LogP contribution in [0.3, 0.4) is 0 Å². The number of carbonyl (C=O) groups is 4.